The zero-order chi connectivity index (χ0) is 49.9. The molecule has 9 atom stereocenters. The number of sulfone groups is 1. The Kier molecular flexibility index (Phi) is 21.4. The van der Waals surface area contributed by atoms with E-state index in [1.165, 1.54) is 57.8 Å². The van der Waals surface area contributed by atoms with Crippen LogP contribution in [-0.4, -0.2) is 92.5 Å². The molecule has 0 spiro atoms. The molecule has 3 fully saturated rings. The molecule has 12 heteroatoms. The van der Waals surface area contributed by atoms with E-state index in [2.05, 4.69) is 6.92 Å². The SMILES string of the molecule is CCCCCCCCCCCCCCC1OC(C)(C)O[C@H]1[C@H](CCS(=O)(=O)[C@@H]1OC2COC(C)O[C@@H]2C(OCc2ccccc2)[C@H]1OCc1ccccc1)N=C(Cc1ccccc1)C(=O)c1ccccc1. The van der Waals surface area contributed by atoms with Crippen LogP contribution in [0.5, 0.6) is 0 Å². The quantitative estimate of drug-likeness (QED) is 0.0295. The zero-order valence-corrected chi connectivity index (χ0v) is 43.4. The number of aliphatic imine (C=N–C) groups is 1. The summed E-state index contributed by atoms with van der Waals surface area (Å²) in [4.78, 5) is 19.9. The van der Waals surface area contributed by atoms with Crippen LogP contribution in [0.2, 0.25) is 0 Å². The second-order valence-corrected chi connectivity index (χ2v) is 22.2. The summed E-state index contributed by atoms with van der Waals surface area (Å²) in [5.41, 5.74) is 2.09. The van der Waals surface area contributed by atoms with Crippen molar-refractivity contribution in [3.05, 3.63) is 144 Å². The first kappa shape index (κ1) is 54.7. The molecule has 7 rings (SSSR count). The molecule has 0 radical (unpaired) electrons. The number of carbonyl (C=O) groups is 1. The number of benzene rings is 4. The molecule has 386 valence electrons. The Balaban J connectivity index is 1.16. The maximum atomic E-state index is 15.3. The van der Waals surface area contributed by atoms with E-state index in [0.717, 1.165) is 36.0 Å². The summed E-state index contributed by atoms with van der Waals surface area (Å²) >= 11 is 0. The van der Waals surface area contributed by atoms with Gasteiger partial charge >= 0.3 is 0 Å². The van der Waals surface area contributed by atoms with Crippen molar-refractivity contribution in [1.82, 2.24) is 0 Å². The molecular weight excluding hydrogens is 915 g/mol. The van der Waals surface area contributed by atoms with E-state index in [4.69, 9.17) is 38.2 Å². The molecule has 3 aliphatic rings. The number of Topliss-reactive ketones (excluding diaryl/α,β-unsaturated/α-hetero) is 1. The largest absolute Gasteiger partial charge is 0.368 e. The zero-order valence-electron chi connectivity index (χ0n) is 42.6. The predicted octanol–water partition coefficient (Wildman–Crippen LogP) is 12.0. The highest BCUT2D eigenvalue weighted by molar-refractivity contribution is 7.91. The highest BCUT2D eigenvalue weighted by Crippen LogP contribution is 2.38. The second kappa shape index (κ2) is 27.8. The van der Waals surface area contributed by atoms with E-state index < -0.39 is 63.9 Å². The average Bonchev–Trinajstić information content (AvgIpc) is 3.70. The van der Waals surface area contributed by atoms with Crippen molar-refractivity contribution in [2.45, 2.75) is 197 Å². The summed E-state index contributed by atoms with van der Waals surface area (Å²) in [5, 5.41) is 0. The van der Waals surface area contributed by atoms with Crippen molar-refractivity contribution in [2.24, 2.45) is 4.99 Å². The van der Waals surface area contributed by atoms with Gasteiger partial charge in [0.05, 0.1) is 43.4 Å². The summed E-state index contributed by atoms with van der Waals surface area (Å²) in [6.07, 6.45) is 10.9. The van der Waals surface area contributed by atoms with Gasteiger partial charge < -0.3 is 33.2 Å². The molecule has 3 saturated heterocycles. The van der Waals surface area contributed by atoms with Crippen molar-refractivity contribution in [1.29, 1.82) is 0 Å². The standard InChI is InChI=1S/C59H79NO10S/c1-5-6-7-8-9-10-11-12-13-14-15-28-37-51-54(70-59(3,4)69-51)49(60-50(40-45-29-20-16-21-30-45)53(61)48-35-26-19-27-36-48)38-39-71(62,63)58-57(66-42-47-33-24-18-25-34-47)56(65-41-46-31-22-17-23-32-46)55-52(68-58)43-64-44(2)67-55/h16-27,29-36,44,49,51-52,54-58H,5-15,28,37-43H2,1-4H3/t44?,49-,51?,52?,54-,55-,56?,57+,58-/m0/s1. The van der Waals surface area contributed by atoms with Crippen LogP contribution in [0, 0.1) is 0 Å². The van der Waals surface area contributed by atoms with Gasteiger partial charge in [-0.1, -0.05) is 205 Å². The lowest BCUT2D eigenvalue weighted by Gasteiger charge is -2.48. The lowest BCUT2D eigenvalue weighted by Crippen LogP contribution is -2.65. The van der Waals surface area contributed by atoms with Gasteiger partial charge in [-0.25, -0.2) is 8.42 Å². The fraction of sp³-hybridized carbons (Fsp3) is 0.559. The molecule has 0 aromatic heterocycles. The molecule has 0 bridgehead atoms. The monoisotopic (exact) mass is 994 g/mol. The first-order valence-corrected chi connectivity index (χ1v) is 28.2. The van der Waals surface area contributed by atoms with E-state index >= 15 is 8.42 Å². The molecular formula is C59H79NO10S. The molecule has 0 N–H and O–H groups in total. The van der Waals surface area contributed by atoms with Crippen molar-refractivity contribution in [3.63, 3.8) is 0 Å². The Morgan fingerprint density at radius 1 is 0.676 bits per heavy atom. The molecule has 3 heterocycles. The van der Waals surface area contributed by atoms with E-state index in [-0.39, 0.29) is 50.3 Å². The first-order chi connectivity index (χ1) is 34.5. The Labute approximate surface area is 424 Å². The van der Waals surface area contributed by atoms with Gasteiger partial charge in [-0.15, -0.1) is 0 Å². The van der Waals surface area contributed by atoms with E-state index in [1.54, 1.807) is 12.1 Å². The van der Waals surface area contributed by atoms with E-state index in [0.29, 0.717) is 17.7 Å². The Hall–Kier alpha value is -4.11. The molecule has 0 saturated carbocycles. The number of nitrogens with zero attached hydrogens (tertiary/aromatic N) is 1. The summed E-state index contributed by atoms with van der Waals surface area (Å²) in [6.45, 7) is 8.30. The lowest BCUT2D eigenvalue weighted by molar-refractivity contribution is -0.323. The molecule has 71 heavy (non-hydrogen) atoms. The van der Waals surface area contributed by atoms with Gasteiger partial charge in [0.2, 0.25) is 5.78 Å². The molecule has 0 amide bonds. The number of carbonyl (C=O) groups excluding carboxylic acids is 1. The van der Waals surface area contributed by atoms with Crippen LogP contribution >= 0.6 is 0 Å². The Morgan fingerprint density at radius 2 is 1.20 bits per heavy atom. The van der Waals surface area contributed by atoms with Crippen LogP contribution in [0.25, 0.3) is 0 Å². The van der Waals surface area contributed by atoms with Crippen LogP contribution in [0.3, 0.4) is 0 Å². The maximum Gasteiger partial charge on any atom is 0.207 e. The molecule has 4 unspecified atom stereocenters. The third kappa shape index (κ3) is 16.7. The number of ketones is 1. The third-order valence-electron chi connectivity index (χ3n) is 13.8. The maximum absolute atomic E-state index is 15.3. The smallest absolute Gasteiger partial charge is 0.207 e. The highest BCUT2D eigenvalue weighted by atomic mass is 32.2. The number of fused-ring (bicyclic) bond motifs is 1. The van der Waals surface area contributed by atoms with Crippen LogP contribution in [0.15, 0.2) is 126 Å². The van der Waals surface area contributed by atoms with Crippen LogP contribution in [0.1, 0.15) is 145 Å². The van der Waals surface area contributed by atoms with Gasteiger partial charge in [0.25, 0.3) is 0 Å². The minimum Gasteiger partial charge on any atom is -0.368 e. The minimum atomic E-state index is -4.18. The third-order valence-corrected chi connectivity index (χ3v) is 15.7. The second-order valence-electron chi connectivity index (χ2n) is 20.0. The summed E-state index contributed by atoms with van der Waals surface area (Å²) in [7, 11) is -4.18. The fourth-order valence-electron chi connectivity index (χ4n) is 10.1. The molecule has 3 aliphatic heterocycles. The average molecular weight is 994 g/mol. The van der Waals surface area contributed by atoms with Crippen molar-refractivity contribution >= 4 is 21.3 Å². The van der Waals surface area contributed by atoms with E-state index in [1.807, 2.05) is 130 Å². The number of hydrogen-bond acceptors (Lipinski definition) is 11. The van der Waals surface area contributed by atoms with Crippen molar-refractivity contribution in [3.8, 4) is 0 Å². The topological polar surface area (TPSA) is 128 Å². The van der Waals surface area contributed by atoms with Crippen molar-refractivity contribution in [2.75, 3.05) is 12.4 Å². The Bertz CT molecular complexity index is 2300. The van der Waals surface area contributed by atoms with Crippen molar-refractivity contribution < 1.29 is 46.4 Å². The Morgan fingerprint density at radius 3 is 1.77 bits per heavy atom. The lowest BCUT2D eigenvalue weighted by atomic mass is 9.96. The van der Waals surface area contributed by atoms with E-state index in [9.17, 15) is 4.79 Å². The number of rotatable bonds is 29. The first-order valence-electron chi connectivity index (χ1n) is 26.5. The molecule has 0 aliphatic carbocycles. The highest BCUT2D eigenvalue weighted by Gasteiger charge is 2.55. The van der Waals surface area contributed by atoms with Gasteiger partial charge in [0.1, 0.15) is 30.5 Å². The summed E-state index contributed by atoms with van der Waals surface area (Å²) < 4.78 is 76.2. The van der Waals surface area contributed by atoms with Gasteiger partial charge in [0, 0.05) is 12.0 Å². The summed E-state index contributed by atoms with van der Waals surface area (Å²) in [5.74, 6) is -1.53. The molecule has 4 aromatic rings. The molecule has 4 aromatic carbocycles. The van der Waals surface area contributed by atoms with Gasteiger partial charge in [-0.3, -0.25) is 9.79 Å². The van der Waals surface area contributed by atoms with Crippen LogP contribution < -0.4 is 0 Å². The fourth-order valence-corrected chi connectivity index (χ4v) is 11.8. The summed E-state index contributed by atoms with van der Waals surface area (Å²) in [6, 6.07) is 37.5. The minimum absolute atomic E-state index is 0.0284. The van der Waals surface area contributed by atoms with Crippen LogP contribution in [0.4, 0.5) is 0 Å². The normalized spacial score (nSPS) is 24.9. The van der Waals surface area contributed by atoms with Gasteiger partial charge in [0.15, 0.2) is 27.4 Å². The number of ether oxygens (including phenoxy) is 7. The predicted molar refractivity (Wildman–Crippen MR) is 279 cm³/mol. The molecule has 11 nitrogen and oxygen atoms in total. The number of hydrogen-bond donors (Lipinski definition) is 0. The van der Waals surface area contributed by atoms with Gasteiger partial charge in [-0.05, 0) is 50.3 Å². The van der Waals surface area contributed by atoms with Crippen LogP contribution in [-0.2, 0) is 62.6 Å². The number of unbranched alkanes of at least 4 members (excludes halogenated alkanes) is 11. The van der Waals surface area contributed by atoms with Gasteiger partial charge in [-0.2, -0.15) is 0 Å².